The molecule has 0 saturated carbocycles. The number of ether oxygens (including phenoxy) is 2. The first-order chi connectivity index (χ1) is 10.6. The Hall–Kier alpha value is -1.51. The van der Waals surface area contributed by atoms with Crippen LogP contribution in [0.5, 0.6) is 0 Å². The topological polar surface area (TPSA) is 85.4 Å². The van der Waals surface area contributed by atoms with E-state index >= 15 is 0 Å². The molecule has 1 fully saturated rings. The molecule has 0 atom stereocenters. The van der Waals surface area contributed by atoms with Gasteiger partial charge in [-0.2, -0.15) is 0 Å². The van der Waals surface area contributed by atoms with Crippen molar-refractivity contribution in [3.8, 4) is 0 Å². The molecule has 1 aliphatic heterocycles. The first-order valence-electron chi connectivity index (χ1n) is 7.35. The molecule has 0 bridgehead atoms. The van der Waals surface area contributed by atoms with Crippen LogP contribution in [0.1, 0.15) is 40.5 Å². The Kier molecular flexibility index (Phi) is 14.3. The van der Waals surface area contributed by atoms with E-state index < -0.39 is 17.8 Å². The minimum Gasteiger partial charge on any atom is -0.385 e. The highest BCUT2D eigenvalue weighted by molar-refractivity contribution is 6.01. The van der Waals surface area contributed by atoms with Gasteiger partial charge in [-0.3, -0.25) is 14.5 Å². The van der Waals surface area contributed by atoms with Gasteiger partial charge in [0, 0.05) is 53.4 Å². The molecule has 0 spiro atoms. The summed E-state index contributed by atoms with van der Waals surface area (Å²) in [7, 11) is 3.24. The lowest BCUT2D eigenvalue weighted by atomic mass is 10.3. The molecule has 1 aliphatic rings. The second-order valence-electron chi connectivity index (χ2n) is 5.01. The quantitative estimate of drug-likeness (QED) is 0.410. The Morgan fingerprint density at radius 3 is 1.88 bits per heavy atom. The molecule has 0 unspecified atom stereocenters. The van der Waals surface area contributed by atoms with E-state index in [0.29, 0.717) is 31.4 Å². The van der Waals surface area contributed by atoms with Crippen molar-refractivity contribution in [2.24, 2.45) is 0 Å². The molecule has 24 heavy (non-hydrogen) atoms. The molecule has 1 rings (SSSR count). The maximum absolute atomic E-state index is 11.9. The van der Waals surface area contributed by atoms with Crippen LogP contribution in [0.25, 0.3) is 0 Å². The maximum Gasteiger partial charge on any atom is 0.347 e. The van der Waals surface area contributed by atoms with Gasteiger partial charge in [-0.05, 0) is 12.8 Å². The largest absolute Gasteiger partial charge is 0.385 e. The molecule has 8 heteroatoms. The molecule has 0 aromatic rings. The lowest BCUT2D eigenvalue weighted by molar-refractivity contribution is -0.198. The smallest absolute Gasteiger partial charge is 0.347 e. The third-order valence-electron chi connectivity index (χ3n) is 3.20. The van der Waals surface area contributed by atoms with Crippen LogP contribution < -0.4 is 0 Å². The van der Waals surface area contributed by atoms with E-state index in [-0.39, 0.29) is 34.2 Å². The molecular weight excluding hydrogens is 316 g/mol. The molecule has 0 N–H and O–H groups in total. The van der Waals surface area contributed by atoms with Crippen molar-refractivity contribution in [3.63, 3.8) is 0 Å². The van der Waals surface area contributed by atoms with E-state index in [9.17, 15) is 14.4 Å². The SMILES string of the molecule is C.C.COCCCN(CCCOC)CC(=O)ON1C(=O)CCC1=O. The number of nitrogens with zero attached hydrogens (tertiary/aromatic N) is 2. The number of hydrogen-bond acceptors (Lipinski definition) is 7. The zero-order valence-electron chi connectivity index (χ0n) is 13.2. The fourth-order valence-corrected chi connectivity index (χ4v) is 2.11. The Bertz CT molecular complexity index is 363. The van der Waals surface area contributed by atoms with Crippen LogP contribution in [-0.2, 0) is 28.7 Å². The minimum absolute atomic E-state index is 0. The second-order valence-corrected chi connectivity index (χ2v) is 5.01. The number of carbonyl (C=O) groups excluding carboxylic acids is 3. The van der Waals surface area contributed by atoms with Gasteiger partial charge in [0.05, 0.1) is 6.54 Å². The Balaban J connectivity index is 0. The van der Waals surface area contributed by atoms with Crippen LogP contribution in [0.3, 0.4) is 0 Å². The molecule has 1 heterocycles. The van der Waals surface area contributed by atoms with Gasteiger partial charge in [0.15, 0.2) is 0 Å². The zero-order chi connectivity index (χ0) is 16.4. The summed E-state index contributed by atoms with van der Waals surface area (Å²) in [4.78, 5) is 41.5. The number of hydroxylamine groups is 2. The van der Waals surface area contributed by atoms with E-state index in [1.807, 2.05) is 4.90 Å². The Labute approximate surface area is 145 Å². The van der Waals surface area contributed by atoms with Crippen LogP contribution >= 0.6 is 0 Å². The summed E-state index contributed by atoms with van der Waals surface area (Å²) in [6.45, 7) is 2.53. The first-order valence-corrected chi connectivity index (χ1v) is 7.35. The van der Waals surface area contributed by atoms with Crippen molar-refractivity contribution in [1.82, 2.24) is 9.96 Å². The van der Waals surface area contributed by atoms with Gasteiger partial charge in [0.2, 0.25) is 0 Å². The summed E-state index contributed by atoms with van der Waals surface area (Å²) in [5, 5.41) is 0.574. The summed E-state index contributed by atoms with van der Waals surface area (Å²) in [5.41, 5.74) is 0. The van der Waals surface area contributed by atoms with E-state index in [1.54, 1.807) is 14.2 Å². The molecular formula is C16H32N2O6. The number of imide groups is 1. The fourth-order valence-electron chi connectivity index (χ4n) is 2.11. The molecule has 0 aliphatic carbocycles. The normalized spacial score (nSPS) is 13.7. The molecule has 0 aromatic carbocycles. The third-order valence-corrected chi connectivity index (χ3v) is 3.20. The highest BCUT2D eigenvalue weighted by Gasteiger charge is 2.33. The van der Waals surface area contributed by atoms with Gasteiger partial charge in [-0.25, -0.2) is 4.79 Å². The van der Waals surface area contributed by atoms with Crippen molar-refractivity contribution in [2.75, 3.05) is 47.1 Å². The van der Waals surface area contributed by atoms with E-state index in [4.69, 9.17) is 14.3 Å². The van der Waals surface area contributed by atoms with Crippen LogP contribution in [0.2, 0.25) is 0 Å². The van der Waals surface area contributed by atoms with Gasteiger partial charge in [0.25, 0.3) is 11.8 Å². The Morgan fingerprint density at radius 2 is 1.46 bits per heavy atom. The summed E-state index contributed by atoms with van der Waals surface area (Å²) >= 11 is 0. The summed E-state index contributed by atoms with van der Waals surface area (Å²) in [5.74, 6) is -1.55. The average molecular weight is 348 g/mol. The van der Waals surface area contributed by atoms with Gasteiger partial charge in [0.1, 0.15) is 0 Å². The van der Waals surface area contributed by atoms with Crippen LogP contribution in [0, 0.1) is 0 Å². The van der Waals surface area contributed by atoms with Gasteiger partial charge in [-0.15, -0.1) is 5.06 Å². The van der Waals surface area contributed by atoms with E-state index in [1.165, 1.54) is 0 Å². The number of hydrogen-bond donors (Lipinski definition) is 0. The predicted molar refractivity (Wildman–Crippen MR) is 90.1 cm³/mol. The van der Waals surface area contributed by atoms with Crippen LogP contribution in [0.15, 0.2) is 0 Å². The monoisotopic (exact) mass is 348 g/mol. The molecule has 142 valence electrons. The van der Waals surface area contributed by atoms with E-state index in [2.05, 4.69) is 0 Å². The Morgan fingerprint density at radius 1 is 1.00 bits per heavy atom. The van der Waals surface area contributed by atoms with Crippen LogP contribution in [0.4, 0.5) is 0 Å². The van der Waals surface area contributed by atoms with E-state index in [0.717, 1.165) is 12.8 Å². The molecule has 0 aromatic heterocycles. The zero-order valence-corrected chi connectivity index (χ0v) is 13.2. The maximum atomic E-state index is 11.9. The summed E-state index contributed by atoms with van der Waals surface area (Å²) in [6, 6.07) is 0. The summed E-state index contributed by atoms with van der Waals surface area (Å²) < 4.78 is 9.99. The van der Waals surface area contributed by atoms with Crippen LogP contribution in [-0.4, -0.2) is 74.8 Å². The molecule has 1 saturated heterocycles. The molecule has 0 radical (unpaired) electrons. The molecule has 8 nitrogen and oxygen atoms in total. The average Bonchev–Trinajstić information content (AvgIpc) is 2.79. The predicted octanol–water partition coefficient (Wildman–Crippen LogP) is 1.24. The van der Waals surface area contributed by atoms with Crippen molar-refractivity contribution < 1.29 is 28.7 Å². The lowest BCUT2D eigenvalue weighted by Gasteiger charge is -2.22. The number of amides is 2. The molecule has 2 amide bonds. The highest BCUT2D eigenvalue weighted by atomic mass is 16.7. The van der Waals surface area contributed by atoms with Crippen molar-refractivity contribution in [1.29, 1.82) is 0 Å². The van der Waals surface area contributed by atoms with Crippen molar-refractivity contribution >= 4 is 17.8 Å². The van der Waals surface area contributed by atoms with Gasteiger partial charge >= 0.3 is 5.97 Å². The first kappa shape index (κ1) is 24.7. The van der Waals surface area contributed by atoms with Crippen molar-refractivity contribution in [2.45, 2.75) is 40.5 Å². The minimum atomic E-state index is -0.613. The number of methoxy groups -OCH3 is 2. The van der Waals surface area contributed by atoms with Crippen molar-refractivity contribution in [3.05, 3.63) is 0 Å². The standard InChI is InChI=1S/C14H24N2O6.2CH4/c1-20-9-3-7-15(8-4-10-21-2)11-14(19)22-16-12(17)5-6-13(16)18;;/h3-11H2,1-2H3;2*1H4. The lowest BCUT2D eigenvalue weighted by Crippen LogP contribution is -2.39. The number of rotatable bonds is 11. The highest BCUT2D eigenvalue weighted by Crippen LogP contribution is 2.12. The number of carbonyl (C=O) groups is 3. The summed E-state index contributed by atoms with van der Waals surface area (Å²) in [6.07, 6.45) is 1.74. The van der Waals surface area contributed by atoms with Gasteiger partial charge in [-0.1, -0.05) is 14.9 Å². The third kappa shape index (κ3) is 8.95. The van der Waals surface area contributed by atoms with Gasteiger partial charge < -0.3 is 14.3 Å². The second kappa shape index (κ2) is 13.9. The fraction of sp³-hybridized carbons (Fsp3) is 0.812.